The van der Waals surface area contributed by atoms with E-state index in [2.05, 4.69) is 4.90 Å². The third-order valence-corrected chi connectivity index (χ3v) is 5.32. The lowest BCUT2D eigenvalue weighted by atomic mass is 10.1. The minimum atomic E-state index is -0.949. The molecule has 7 heteroatoms. The van der Waals surface area contributed by atoms with Crippen LogP contribution in [0.15, 0.2) is 48.5 Å². The predicted octanol–water partition coefficient (Wildman–Crippen LogP) is 3.06. The van der Waals surface area contributed by atoms with E-state index in [1.807, 2.05) is 0 Å². The molecule has 0 N–H and O–H groups in total. The second kappa shape index (κ2) is 8.57. The van der Waals surface area contributed by atoms with Crippen molar-refractivity contribution in [3.63, 3.8) is 0 Å². The number of amides is 1. The van der Waals surface area contributed by atoms with Crippen molar-refractivity contribution in [3.8, 4) is 0 Å². The molecule has 29 heavy (non-hydrogen) atoms. The molecule has 2 aliphatic heterocycles. The first kappa shape index (κ1) is 19.9. The second-order valence-corrected chi connectivity index (χ2v) is 7.50. The van der Waals surface area contributed by atoms with Crippen molar-refractivity contribution in [1.82, 2.24) is 9.80 Å². The molecular weight excluding hydrogens is 378 g/mol. The molecule has 4 rings (SSSR count). The molecule has 2 aromatic rings. The highest BCUT2D eigenvalue weighted by Gasteiger charge is 2.42. The molecule has 0 saturated carbocycles. The third-order valence-electron chi connectivity index (χ3n) is 5.32. The molecule has 2 heterocycles. The van der Waals surface area contributed by atoms with Crippen LogP contribution in [0, 0.1) is 11.6 Å². The lowest BCUT2D eigenvalue weighted by molar-refractivity contribution is -0.261. The normalized spacial score (nSPS) is 23.2. The molecule has 2 saturated heterocycles. The van der Waals surface area contributed by atoms with E-state index in [0.29, 0.717) is 32.8 Å². The molecule has 2 aromatic carbocycles. The lowest BCUT2D eigenvalue weighted by Crippen LogP contribution is -2.59. The summed E-state index contributed by atoms with van der Waals surface area (Å²) in [7, 11) is 0. The molecule has 2 aliphatic rings. The number of rotatable bonds is 3. The summed E-state index contributed by atoms with van der Waals surface area (Å²) < 4.78 is 39.3. The van der Waals surface area contributed by atoms with Gasteiger partial charge >= 0.3 is 0 Å². The van der Waals surface area contributed by atoms with Gasteiger partial charge in [-0.2, -0.15) is 0 Å². The summed E-state index contributed by atoms with van der Waals surface area (Å²) in [6.45, 7) is 3.38. The van der Waals surface area contributed by atoms with E-state index in [1.165, 1.54) is 24.3 Å². The van der Waals surface area contributed by atoms with Gasteiger partial charge in [-0.25, -0.2) is 8.78 Å². The van der Waals surface area contributed by atoms with Crippen LogP contribution in [0.3, 0.4) is 0 Å². The van der Waals surface area contributed by atoms with Crippen molar-refractivity contribution in [2.45, 2.75) is 18.8 Å². The summed E-state index contributed by atoms with van der Waals surface area (Å²) in [5, 5.41) is 0. The highest BCUT2D eigenvalue weighted by Crippen LogP contribution is 2.26. The Labute approximate surface area is 168 Å². The van der Waals surface area contributed by atoms with Crippen LogP contribution in [-0.4, -0.2) is 60.9 Å². The molecular formula is C22H24F2N2O3. The first-order valence-electron chi connectivity index (χ1n) is 9.83. The van der Waals surface area contributed by atoms with Crippen LogP contribution in [-0.2, 0) is 16.0 Å². The molecule has 0 bridgehead atoms. The first-order valence-corrected chi connectivity index (χ1v) is 9.83. The largest absolute Gasteiger partial charge is 0.347 e. The van der Waals surface area contributed by atoms with E-state index in [1.54, 1.807) is 29.2 Å². The molecule has 1 unspecified atom stereocenters. The third kappa shape index (κ3) is 4.63. The molecule has 1 spiro atoms. The Morgan fingerprint density at radius 1 is 0.966 bits per heavy atom. The standard InChI is InChI=1S/C22H24F2N2O3/c23-18-8-6-17(7-9-18)14-25-10-3-12-28-22(15-25)16-26(11-13-29-22)21(27)19-4-1-2-5-20(19)24/h1-2,4-9H,3,10-16H2. The van der Waals surface area contributed by atoms with Crippen molar-refractivity contribution in [2.24, 2.45) is 0 Å². The lowest BCUT2D eigenvalue weighted by Gasteiger charge is -2.43. The van der Waals surface area contributed by atoms with E-state index >= 15 is 0 Å². The highest BCUT2D eigenvalue weighted by atomic mass is 19.1. The molecule has 5 nitrogen and oxygen atoms in total. The Balaban J connectivity index is 1.48. The SMILES string of the molecule is O=C(c1ccccc1F)N1CCOC2(CN(Cc3ccc(F)cc3)CCCO2)C1. The minimum Gasteiger partial charge on any atom is -0.347 e. The van der Waals surface area contributed by atoms with Gasteiger partial charge < -0.3 is 14.4 Å². The molecule has 1 atom stereocenters. The van der Waals surface area contributed by atoms with Crippen molar-refractivity contribution in [2.75, 3.05) is 39.4 Å². The molecule has 1 amide bonds. The van der Waals surface area contributed by atoms with E-state index in [4.69, 9.17) is 9.47 Å². The quantitative estimate of drug-likeness (QED) is 0.792. The maximum atomic E-state index is 14.1. The first-order chi connectivity index (χ1) is 14.0. The zero-order valence-electron chi connectivity index (χ0n) is 16.2. The fraction of sp³-hybridized carbons (Fsp3) is 0.409. The fourth-order valence-electron chi connectivity index (χ4n) is 3.91. The van der Waals surface area contributed by atoms with Gasteiger partial charge in [0.05, 0.1) is 31.9 Å². The second-order valence-electron chi connectivity index (χ2n) is 7.50. The van der Waals surface area contributed by atoms with Gasteiger partial charge in [-0.1, -0.05) is 24.3 Å². The van der Waals surface area contributed by atoms with E-state index in [-0.39, 0.29) is 23.8 Å². The van der Waals surface area contributed by atoms with Gasteiger partial charge in [-0.15, -0.1) is 0 Å². The van der Waals surface area contributed by atoms with Gasteiger partial charge in [0.1, 0.15) is 11.6 Å². The van der Waals surface area contributed by atoms with Gasteiger partial charge in [0, 0.05) is 19.6 Å². The number of hydrogen-bond acceptors (Lipinski definition) is 4. The van der Waals surface area contributed by atoms with E-state index in [0.717, 1.165) is 18.5 Å². The van der Waals surface area contributed by atoms with Crippen molar-refractivity contribution >= 4 is 5.91 Å². The smallest absolute Gasteiger partial charge is 0.257 e. The summed E-state index contributed by atoms with van der Waals surface area (Å²) in [6, 6.07) is 12.4. The number of nitrogens with zero attached hydrogens (tertiary/aromatic N) is 2. The Morgan fingerprint density at radius 3 is 2.52 bits per heavy atom. The van der Waals surface area contributed by atoms with E-state index < -0.39 is 11.6 Å². The van der Waals surface area contributed by atoms with Gasteiger partial charge in [0.2, 0.25) is 0 Å². The maximum absolute atomic E-state index is 14.1. The summed E-state index contributed by atoms with van der Waals surface area (Å²) in [4.78, 5) is 16.7. The van der Waals surface area contributed by atoms with Crippen molar-refractivity contribution < 1.29 is 23.0 Å². The Kier molecular flexibility index (Phi) is 5.89. The topological polar surface area (TPSA) is 42.0 Å². The molecule has 0 radical (unpaired) electrons. The minimum absolute atomic E-state index is 0.0568. The van der Waals surface area contributed by atoms with Crippen LogP contribution in [0.4, 0.5) is 8.78 Å². The number of hydrogen-bond donors (Lipinski definition) is 0. The van der Waals surface area contributed by atoms with Crippen LogP contribution in [0.1, 0.15) is 22.3 Å². The number of morpholine rings is 1. The van der Waals surface area contributed by atoms with Crippen LogP contribution >= 0.6 is 0 Å². The summed E-state index contributed by atoms with van der Waals surface area (Å²) in [5.74, 6) is -2.10. The number of carbonyl (C=O) groups is 1. The van der Waals surface area contributed by atoms with Gasteiger partial charge in [-0.05, 0) is 36.2 Å². The number of ether oxygens (including phenoxy) is 2. The zero-order valence-corrected chi connectivity index (χ0v) is 16.2. The summed E-state index contributed by atoms with van der Waals surface area (Å²) >= 11 is 0. The highest BCUT2D eigenvalue weighted by molar-refractivity contribution is 5.94. The van der Waals surface area contributed by atoms with Crippen molar-refractivity contribution in [1.29, 1.82) is 0 Å². The molecule has 2 fully saturated rings. The van der Waals surface area contributed by atoms with Gasteiger partial charge in [0.25, 0.3) is 5.91 Å². The molecule has 0 aliphatic carbocycles. The summed E-state index contributed by atoms with van der Waals surface area (Å²) in [6.07, 6.45) is 0.827. The Morgan fingerprint density at radius 2 is 1.72 bits per heavy atom. The number of halogens is 2. The molecule has 154 valence electrons. The average molecular weight is 402 g/mol. The molecule has 0 aromatic heterocycles. The van der Waals surface area contributed by atoms with Crippen LogP contribution in [0.25, 0.3) is 0 Å². The summed E-state index contributed by atoms with van der Waals surface area (Å²) in [5.41, 5.74) is 1.06. The predicted molar refractivity (Wildman–Crippen MR) is 103 cm³/mol. The van der Waals surface area contributed by atoms with Crippen LogP contribution in [0.5, 0.6) is 0 Å². The number of benzene rings is 2. The van der Waals surface area contributed by atoms with Crippen LogP contribution < -0.4 is 0 Å². The van der Waals surface area contributed by atoms with Crippen LogP contribution in [0.2, 0.25) is 0 Å². The average Bonchev–Trinajstić information content (AvgIpc) is 2.91. The number of carbonyl (C=O) groups excluding carboxylic acids is 1. The Hall–Kier alpha value is -2.35. The zero-order chi connectivity index (χ0) is 20.3. The Bertz CT molecular complexity index is 861. The maximum Gasteiger partial charge on any atom is 0.257 e. The monoisotopic (exact) mass is 402 g/mol. The van der Waals surface area contributed by atoms with Crippen molar-refractivity contribution in [3.05, 3.63) is 71.3 Å². The van der Waals surface area contributed by atoms with Gasteiger partial charge in [0.15, 0.2) is 5.79 Å². The van der Waals surface area contributed by atoms with E-state index in [9.17, 15) is 13.6 Å². The fourth-order valence-corrected chi connectivity index (χ4v) is 3.91. The van der Waals surface area contributed by atoms with Gasteiger partial charge in [-0.3, -0.25) is 9.69 Å².